The molecule has 1 aromatic carbocycles. The molecule has 3 heterocycles. The minimum Gasteiger partial charge on any atom is -0.508 e. The number of fused-ring (bicyclic) bond motifs is 1. The molecule has 1 saturated heterocycles. The predicted octanol–water partition coefficient (Wildman–Crippen LogP) is 1.26. The molecular weight excluding hydrogens is 348 g/mol. The summed E-state index contributed by atoms with van der Waals surface area (Å²) in [5.74, 6) is 1.27. The Morgan fingerprint density at radius 2 is 1.96 bits per heavy atom. The van der Waals surface area contributed by atoms with Crippen LogP contribution in [-0.4, -0.2) is 63.2 Å². The number of phenols is 1. The second-order valence-corrected chi connectivity index (χ2v) is 6.36. The quantitative estimate of drug-likeness (QED) is 0.631. The van der Waals surface area contributed by atoms with Gasteiger partial charge in [0.15, 0.2) is 11.6 Å². The van der Waals surface area contributed by atoms with Crippen LogP contribution in [0.3, 0.4) is 0 Å². The summed E-state index contributed by atoms with van der Waals surface area (Å²) in [5, 5.41) is 29.0. The van der Waals surface area contributed by atoms with Gasteiger partial charge in [-0.25, -0.2) is 9.97 Å². The number of ether oxygens (including phenoxy) is 1. The summed E-state index contributed by atoms with van der Waals surface area (Å²) in [6.45, 7) is 2.19. The van der Waals surface area contributed by atoms with E-state index in [4.69, 9.17) is 9.72 Å². The van der Waals surface area contributed by atoms with Crippen molar-refractivity contribution in [3.63, 3.8) is 0 Å². The van der Waals surface area contributed by atoms with Crippen LogP contribution in [0.4, 0.5) is 5.82 Å². The van der Waals surface area contributed by atoms with Crippen molar-refractivity contribution in [3.8, 4) is 17.1 Å². The molecule has 0 radical (unpaired) electrons. The van der Waals surface area contributed by atoms with Crippen LogP contribution < -0.4 is 4.90 Å². The van der Waals surface area contributed by atoms with Gasteiger partial charge in [0, 0.05) is 30.4 Å². The van der Waals surface area contributed by atoms with Crippen molar-refractivity contribution in [2.75, 3.05) is 37.8 Å². The number of hydrogen-bond acceptors (Lipinski definition) is 8. The molecular formula is C19H20N4O4. The van der Waals surface area contributed by atoms with Crippen LogP contribution in [0.2, 0.25) is 0 Å². The molecule has 8 heteroatoms. The van der Waals surface area contributed by atoms with Gasteiger partial charge >= 0.3 is 0 Å². The molecule has 0 aliphatic carbocycles. The average molecular weight is 368 g/mol. The fraction of sp³-hybridized carbons (Fsp3) is 0.316. The minimum absolute atomic E-state index is 0.131. The van der Waals surface area contributed by atoms with Gasteiger partial charge in [0.25, 0.3) is 0 Å². The minimum atomic E-state index is -1.02. The molecule has 8 nitrogen and oxygen atoms in total. The van der Waals surface area contributed by atoms with Gasteiger partial charge in [-0.3, -0.25) is 4.98 Å². The van der Waals surface area contributed by atoms with E-state index in [0.29, 0.717) is 60.1 Å². The molecule has 1 aliphatic rings. The number of hydrogen-bond donors (Lipinski definition) is 3. The SMILES string of the molecule is OCC(O)c1cnc2c(N3CCOCC3)nc(-c3cccc(O)c3)nc2c1. The molecule has 0 bridgehead atoms. The Balaban J connectivity index is 1.89. The van der Waals surface area contributed by atoms with E-state index >= 15 is 0 Å². The number of benzene rings is 1. The van der Waals surface area contributed by atoms with Crippen molar-refractivity contribution in [1.29, 1.82) is 0 Å². The average Bonchev–Trinajstić information content (AvgIpc) is 2.72. The molecule has 1 unspecified atom stereocenters. The van der Waals surface area contributed by atoms with Gasteiger partial charge in [0.05, 0.1) is 25.3 Å². The van der Waals surface area contributed by atoms with Crippen molar-refractivity contribution >= 4 is 16.9 Å². The van der Waals surface area contributed by atoms with Gasteiger partial charge in [0.1, 0.15) is 17.4 Å². The highest BCUT2D eigenvalue weighted by molar-refractivity contribution is 5.88. The number of morpholine rings is 1. The Morgan fingerprint density at radius 3 is 2.70 bits per heavy atom. The third-order valence-corrected chi connectivity index (χ3v) is 4.51. The number of aliphatic hydroxyl groups excluding tert-OH is 2. The third-order valence-electron chi connectivity index (χ3n) is 4.51. The van der Waals surface area contributed by atoms with Gasteiger partial charge in [-0.2, -0.15) is 0 Å². The van der Waals surface area contributed by atoms with Gasteiger partial charge in [-0.05, 0) is 18.2 Å². The van der Waals surface area contributed by atoms with Gasteiger partial charge in [-0.1, -0.05) is 12.1 Å². The molecule has 3 N–H and O–H groups in total. The highest BCUT2D eigenvalue weighted by Crippen LogP contribution is 2.29. The molecule has 2 aromatic heterocycles. The van der Waals surface area contributed by atoms with Gasteiger partial charge in [0.2, 0.25) is 0 Å². The van der Waals surface area contributed by atoms with Crippen molar-refractivity contribution in [2.24, 2.45) is 0 Å². The van der Waals surface area contributed by atoms with E-state index < -0.39 is 12.7 Å². The summed E-state index contributed by atoms with van der Waals surface area (Å²) >= 11 is 0. The van der Waals surface area contributed by atoms with Crippen LogP contribution in [0.15, 0.2) is 36.5 Å². The maximum absolute atomic E-state index is 9.94. The van der Waals surface area contributed by atoms with Crippen molar-refractivity contribution in [2.45, 2.75) is 6.10 Å². The summed E-state index contributed by atoms with van der Waals surface area (Å²) in [5.41, 5.74) is 2.35. The Kier molecular flexibility index (Phi) is 4.85. The Morgan fingerprint density at radius 1 is 1.15 bits per heavy atom. The fourth-order valence-corrected chi connectivity index (χ4v) is 3.08. The lowest BCUT2D eigenvalue weighted by atomic mass is 10.1. The van der Waals surface area contributed by atoms with Crippen LogP contribution in [0.1, 0.15) is 11.7 Å². The highest BCUT2D eigenvalue weighted by Gasteiger charge is 2.20. The summed E-state index contributed by atoms with van der Waals surface area (Å²) in [4.78, 5) is 15.8. The van der Waals surface area contributed by atoms with E-state index in [-0.39, 0.29) is 5.75 Å². The first-order valence-corrected chi connectivity index (χ1v) is 8.74. The largest absolute Gasteiger partial charge is 0.508 e. The van der Waals surface area contributed by atoms with Crippen molar-refractivity contribution in [3.05, 3.63) is 42.1 Å². The number of phenolic OH excluding ortho intramolecular Hbond substituents is 1. The summed E-state index contributed by atoms with van der Waals surface area (Å²) in [6, 6.07) is 8.45. The molecule has 0 spiro atoms. The zero-order valence-corrected chi connectivity index (χ0v) is 14.6. The lowest BCUT2D eigenvalue weighted by molar-refractivity contribution is 0.0954. The standard InChI is InChI=1S/C19H20N4O4/c24-11-16(26)13-9-15-17(20-10-13)19(23-4-6-27-7-5-23)22-18(21-15)12-2-1-3-14(25)8-12/h1-3,8-10,16,24-26H,4-7,11H2. The van der Waals surface area contributed by atoms with Crippen molar-refractivity contribution in [1.82, 2.24) is 15.0 Å². The van der Waals surface area contributed by atoms with Crippen LogP contribution in [0.25, 0.3) is 22.4 Å². The van der Waals surface area contributed by atoms with E-state index in [2.05, 4.69) is 14.9 Å². The molecule has 4 rings (SSSR count). The monoisotopic (exact) mass is 368 g/mol. The Bertz CT molecular complexity index is 960. The molecule has 3 aromatic rings. The van der Waals surface area contributed by atoms with Crippen LogP contribution in [-0.2, 0) is 4.74 Å². The summed E-state index contributed by atoms with van der Waals surface area (Å²) < 4.78 is 5.43. The van der Waals surface area contributed by atoms with E-state index in [1.54, 1.807) is 24.3 Å². The summed E-state index contributed by atoms with van der Waals surface area (Å²) in [6.07, 6.45) is 0.512. The number of aromatic hydroxyl groups is 1. The number of nitrogens with zero attached hydrogens (tertiary/aromatic N) is 4. The number of rotatable bonds is 4. The third kappa shape index (κ3) is 3.55. The highest BCUT2D eigenvalue weighted by atomic mass is 16.5. The number of anilines is 1. The van der Waals surface area contributed by atoms with Gasteiger partial charge < -0.3 is 25.0 Å². The first-order valence-electron chi connectivity index (χ1n) is 8.74. The molecule has 1 aliphatic heterocycles. The number of aromatic nitrogens is 3. The second kappa shape index (κ2) is 7.43. The van der Waals surface area contributed by atoms with E-state index in [1.807, 2.05) is 6.07 Å². The molecule has 1 atom stereocenters. The van der Waals surface area contributed by atoms with Crippen molar-refractivity contribution < 1.29 is 20.1 Å². The van der Waals surface area contributed by atoms with Crippen LogP contribution in [0.5, 0.6) is 5.75 Å². The van der Waals surface area contributed by atoms with Gasteiger partial charge in [-0.15, -0.1) is 0 Å². The molecule has 0 amide bonds. The first kappa shape index (κ1) is 17.6. The first-order chi connectivity index (χ1) is 13.2. The predicted molar refractivity (Wildman–Crippen MR) is 99.5 cm³/mol. The molecule has 0 saturated carbocycles. The lowest BCUT2D eigenvalue weighted by Crippen LogP contribution is -2.37. The fourth-order valence-electron chi connectivity index (χ4n) is 3.08. The maximum atomic E-state index is 9.94. The molecule has 140 valence electrons. The summed E-state index contributed by atoms with van der Waals surface area (Å²) in [7, 11) is 0. The maximum Gasteiger partial charge on any atom is 0.162 e. The Labute approximate surface area is 155 Å². The van der Waals surface area contributed by atoms with E-state index in [1.165, 1.54) is 6.20 Å². The van der Waals surface area contributed by atoms with Crippen LogP contribution >= 0.6 is 0 Å². The van der Waals surface area contributed by atoms with Crippen LogP contribution in [0, 0.1) is 0 Å². The number of aliphatic hydroxyl groups is 2. The molecule has 1 fully saturated rings. The topological polar surface area (TPSA) is 112 Å². The van der Waals surface area contributed by atoms with E-state index in [0.717, 1.165) is 0 Å². The number of pyridine rings is 1. The zero-order valence-electron chi connectivity index (χ0n) is 14.6. The second-order valence-electron chi connectivity index (χ2n) is 6.36. The normalized spacial score (nSPS) is 15.9. The smallest absolute Gasteiger partial charge is 0.162 e. The van der Waals surface area contributed by atoms with E-state index in [9.17, 15) is 15.3 Å². The molecule has 27 heavy (non-hydrogen) atoms. The zero-order chi connectivity index (χ0) is 18.8. The lowest BCUT2D eigenvalue weighted by Gasteiger charge is -2.28. The Hall–Kier alpha value is -2.81.